The Bertz CT molecular complexity index is 536. The normalized spacial score (nSPS) is 16.6. The summed E-state index contributed by atoms with van der Waals surface area (Å²) >= 11 is 0. The fourth-order valence-corrected chi connectivity index (χ4v) is 3.21. The fourth-order valence-electron chi connectivity index (χ4n) is 3.21. The van der Waals surface area contributed by atoms with Crippen LogP contribution in [-0.4, -0.2) is 18.5 Å². The van der Waals surface area contributed by atoms with Crippen LogP contribution in [0.3, 0.4) is 0 Å². The molecular weight excluding hydrogens is 292 g/mol. The lowest BCUT2D eigenvalue weighted by Gasteiger charge is -2.35. The molecule has 1 aromatic rings. The summed E-state index contributed by atoms with van der Waals surface area (Å²) in [5.74, 6) is 0.0525. The molecule has 0 radical (unpaired) electrons. The van der Waals surface area contributed by atoms with Crippen LogP contribution in [0.2, 0.25) is 0 Å². The molecule has 1 fully saturated rings. The maximum absolute atomic E-state index is 12.2. The molecule has 2 rings (SSSR count). The van der Waals surface area contributed by atoms with Crippen molar-refractivity contribution in [3.8, 4) is 0 Å². The van der Waals surface area contributed by atoms with Gasteiger partial charge >= 0.3 is 6.03 Å². The van der Waals surface area contributed by atoms with Crippen LogP contribution in [0.25, 0.3) is 0 Å². The topological polar surface area (TPSA) is 110 Å². The van der Waals surface area contributed by atoms with Crippen molar-refractivity contribution in [2.24, 2.45) is 16.9 Å². The minimum absolute atomic E-state index is 0.0163. The minimum atomic E-state index is -0.592. The third kappa shape index (κ3) is 5.25. The number of benzene rings is 1. The molecule has 0 spiro atoms. The molecule has 6 N–H and O–H groups in total. The Labute approximate surface area is 137 Å². The molecule has 0 unspecified atom stereocenters. The predicted molar refractivity (Wildman–Crippen MR) is 90.7 cm³/mol. The third-order valence-electron chi connectivity index (χ3n) is 4.59. The van der Waals surface area contributed by atoms with Crippen molar-refractivity contribution in [3.05, 3.63) is 29.8 Å². The summed E-state index contributed by atoms with van der Waals surface area (Å²) in [6.07, 6.45) is 6.17. The van der Waals surface area contributed by atoms with Gasteiger partial charge in [-0.2, -0.15) is 0 Å². The Hall–Kier alpha value is -2.08. The number of primary amides is 1. The summed E-state index contributed by atoms with van der Waals surface area (Å²) < 4.78 is 0. The van der Waals surface area contributed by atoms with Gasteiger partial charge in [0.25, 0.3) is 0 Å². The van der Waals surface area contributed by atoms with E-state index in [1.807, 2.05) is 12.1 Å². The highest BCUT2D eigenvalue weighted by Crippen LogP contribution is 2.38. The molecular formula is C17H26N4O2. The van der Waals surface area contributed by atoms with E-state index in [1.54, 1.807) is 12.1 Å². The monoisotopic (exact) mass is 318 g/mol. The van der Waals surface area contributed by atoms with Crippen molar-refractivity contribution in [1.82, 2.24) is 5.32 Å². The number of anilines is 1. The minimum Gasteiger partial charge on any atom is -0.352 e. The van der Waals surface area contributed by atoms with Crippen LogP contribution in [0.4, 0.5) is 10.5 Å². The van der Waals surface area contributed by atoms with Gasteiger partial charge in [-0.1, -0.05) is 31.4 Å². The number of rotatable bonds is 6. The van der Waals surface area contributed by atoms with Crippen LogP contribution in [0, 0.1) is 5.41 Å². The predicted octanol–water partition coefficient (Wildman–Crippen LogP) is 2.09. The molecule has 0 bridgehead atoms. The lowest BCUT2D eigenvalue weighted by Crippen LogP contribution is -2.38. The molecule has 0 aromatic heterocycles. The quantitative estimate of drug-likeness (QED) is 0.644. The van der Waals surface area contributed by atoms with Crippen LogP contribution in [-0.2, 0) is 11.3 Å². The Morgan fingerprint density at radius 3 is 2.30 bits per heavy atom. The van der Waals surface area contributed by atoms with Gasteiger partial charge in [0.05, 0.1) is 0 Å². The number of hydrogen-bond acceptors (Lipinski definition) is 3. The smallest absolute Gasteiger partial charge is 0.316 e. The standard InChI is InChI=1S/C17H26N4O2/c18-12-17(8-2-1-3-9-17)10-15(22)20-11-13-4-6-14(7-5-13)21-16(19)23/h4-7H,1-3,8-12,18H2,(H,20,22)(H3,19,21,23). The van der Waals surface area contributed by atoms with Crippen LogP contribution in [0.15, 0.2) is 24.3 Å². The van der Waals surface area contributed by atoms with Crippen molar-refractivity contribution in [3.63, 3.8) is 0 Å². The van der Waals surface area contributed by atoms with Crippen LogP contribution >= 0.6 is 0 Å². The zero-order valence-electron chi connectivity index (χ0n) is 13.4. The second-order valence-corrected chi connectivity index (χ2v) is 6.40. The van der Waals surface area contributed by atoms with Crippen LogP contribution in [0.5, 0.6) is 0 Å². The molecule has 0 atom stereocenters. The van der Waals surface area contributed by atoms with E-state index in [2.05, 4.69) is 10.6 Å². The van der Waals surface area contributed by atoms with Crippen molar-refractivity contribution >= 4 is 17.6 Å². The summed E-state index contributed by atoms with van der Waals surface area (Å²) in [6, 6.07) is 6.63. The van der Waals surface area contributed by atoms with Crippen molar-refractivity contribution in [1.29, 1.82) is 0 Å². The highest BCUT2D eigenvalue weighted by atomic mass is 16.2. The molecule has 0 saturated heterocycles. The maximum atomic E-state index is 12.2. The zero-order valence-corrected chi connectivity index (χ0v) is 13.4. The van der Waals surface area contributed by atoms with E-state index in [0.29, 0.717) is 25.2 Å². The molecule has 1 saturated carbocycles. The van der Waals surface area contributed by atoms with E-state index in [0.717, 1.165) is 18.4 Å². The summed E-state index contributed by atoms with van der Waals surface area (Å²) in [6.45, 7) is 1.05. The molecule has 1 aliphatic rings. The zero-order chi connectivity index (χ0) is 16.7. The number of hydrogen-bond donors (Lipinski definition) is 4. The highest BCUT2D eigenvalue weighted by molar-refractivity contribution is 5.87. The first-order valence-corrected chi connectivity index (χ1v) is 8.15. The van der Waals surface area contributed by atoms with Gasteiger partial charge < -0.3 is 22.1 Å². The van der Waals surface area contributed by atoms with E-state index in [-0.39, 0.29) is 11.3 Å². The molecule has 1 aromatic carbocycles. The molecule has 6 nitrogen and oxygen atoms in total. The lowest BCUT2D eigenvalue weighted by molar-refractivity contribution is -0.124. The van der Waals surface area contributed by atoms with Crippen molar-refractivity contribution in [2.75, 3.05) is 11.9 Å². The third-order valence-corrected chi connectivity index (χ3v) is 4.59. The van der Waals surface area contributed by atoms with Crippen LogP contribution < -0.4 is 22.1 Å². The second-order valence-electron chi connectivity index (χ2n) is 6.40. The van der Waals surface area contributed by atoms with Gasteiger partial charge in [0.15, 0.2) is 0 Å². The fraction of sp³-hybridized carbons (Fsp3) is 0.529. The molecule has 23 heavy (non-hydrogen) atoms. The van der Waals surface area contributed by atoms with Gasteiger partial charge in [-0.3, -0.25) is 4.79 Å². The highest BCUT2D eigenvalue weighted by Gasteiger charge is 2.32. The van der Waals surface area contributed by atoms with Gasteiger partial charge in [-0.15, -0.1) is 0 Å². The number of carbonyl (C=O) groups excluding carboxylic acids is 2. The number of nitrogens with one attached hydrogen (secondary N) is 2. The molecule has 0 aliphatic heterocycles. The number of nitrogens with two attached hydrogens (primary N) is 2. The van der Waals surface area contributed by atoms with Crippen LogP contribution in [0.1, 0.15) is 44.1 Å². The molecule has 126 valence electrons. The summed E-state index contributed by atoms with van der Waals surface area (Å²) in [7, 11) is 0. The first-order chi connectivity index (χ1) is 11.0. The van der Waals surface area contributed by atoms with E-state index in [1.165, 1.54) is 19.3 Å². The lowest BCUT2D eigenvalue weighted by atomic mass is 9.71. The van der Waals surface area contributed by atoms with E-state index >= 15 is 0 Å². The first-order valence-electron chi connectivity index (χ1n) is 8.15. The van der Waals surface area contributed by atoms with Gasteiger partial charge in [0.1, 0.15) is 0 Å². The Balaban J connectivity index is 1.82. The van der Waals surface area contributed by atoms with Crippen molar-refractivity contribution in [2.45, 2.75) is 45.1 Å². The molecule has 6 heteroatoms. The van der Waals surface area contributed by atoms with Gasteiger partial charge in [0, 0.05) is 18.7 Å². The Morgan fingerprint density at radius 2 is 1.74 bits per heavy atom. The number of carbonyl (C=O) groups is 2. The summed E-state index contributed by atoms with van der Waals surface area (Å²) in [4.78, 5) is 23.0. The Morgan fingerprint density at radius 1 is 1.09 bits per heavy atom. The Kier molecular flexibility index (Phi) is 5.98. The average molecular weight is 318 g/mol. The second kappa shape index (κ2) is 7.97. The van der Waals surface area contributed by atoms with E-state index in [9.17, 15) is 9.59 Å². The van der Waals surface area contributed by atoms with Gasteiger partial charge in [-0.25, -0.2) is 4.79 Å². The van der Waals surface area contributed by atoms with E-state index < -0.39 is 6.03 Å². The first kappa shape index (κ1) is 17.3. The molecule has 3 amide bonds. The molecule has 0 heterocycles. The summed E-state index contributed by atoms with van der Waals surface area (Å²) in [5.41, 5.74) is 12.6. The van der Waals surface area contributed by atoms with E-state index in [4.69, 9.17) is 11.5 Å². The summed E-state index contributed by atoms with van der Waals surface area (Å²) in [5, 5.41) is 5.46. The van der Waals surface area contributed by atoms with Gasteiger partial charge in [-0.05, 0) is 42.5 Å². The number of urea groups is 1. The SMILES string of the molecule is NCC1(CC(=O)NCc2ccc(NC(N)=O)cc2)CCCCC1. The maximum Gasteiger partial charge on any atom is 0.316 e. The largest absolute Gasteiger partial charge is 0.352 e. The van der Waals surface area contributed by atoms with Crippen molar-refractivity contribution < 1.29 is 9.59 Å². The average Bonchev–Trinajstić information content (AvgIpc) is 2.54. The number of amides is 3. The molecule has 1 aliphatic carbocycles. The van der Waals surface area contributed by atoms with Gasteiger partial charge in [0.2, 0.25) is 5.91 Å².